The van der Waals surface area contributed by atoms with Gasteiger partial charge >= 0.3 is 12.0 Å². The minimum atomic E-state index is -0.893. The lowest BCUT2D eigenvalue weighted by Crippen LogP contribution is -2.33. The van der Waals surface area contributed by atoms with Crippen LogP contribution in [0.2, 0.25) is 0 Å². The molecule has 0 radical (unpaired) electrons. The van der Waals surface area contributed by atoms with Crippen LogP contribution in [0.25, 0.3) is 0 Å². The Morgan fingerprint density at radius 1 is 1.35 bits per heavy atom. The Morgan fingerprint density at radius 3 is 2.78 bits per heavy atom. The summed E-state index contributed by atoms with van der Waals surface area (Å²) < 4.78 is 19.0. The fourth-order valence-corrected chi connectivity index (χ4v) is 2.55. The van der Waals surface area contributed by atoms with E-state index in [-0.39, 0.29) is 6.54 Å². The molecular formula is C16H19FN2O4. The van der Waals surface area contributed by atoms with Crippen LogP contribution in [0.1, 0.15) is 19.3 Å². The number of benzene rings is 1. The minimum absolute atomic E-state index is 0.181. The molecule has 1 atom stereocenters. The summed E-state index contributed by atoms with van der Waals surface area (Å²) in [5.74, 6) is -1.04. The summed E-state index contributed by atoms with van der Waals surface area (Å²) >= 11 is 0. The van der Waals surface area contributed by atoms with Crippen molar-refractivity contribution in [1.82, 2.24) is 4.90 Å². The number of anilines is 1. The molecule has 0 aromatic heterocycles. The van der Waals surface area contributed by atoms with Crippen molar-refractivity contribution in [3.8, 4) is 5.75 Å². The molecule has 1 unspecified atom stereocenters. The highest BCUT2D eigenvalue weighted by Gasteiger charge is 2.31. The predicted octanol–water partition coefficient (Wildman–Crippen LogP) is 2.55. The van der Waals surface area contributed by atoms with Crippen LogP contribution in [0, 0.1) is 17.7 Å². The lowest BCUT2D eigenvalue weighted by Gasteiger charge is -2.18. The third-order valence-corrected chi connectivity index (χ3v) is 4.18. The zero-order chi connectivity index (χ0) is 16.4. The fourth-order valence-electron chi connectivity index (χ4n) is 2.55. The number of likely N-dealkylation sites (tertiary alicyclic amines) is 1. The summed E-state index contributed by atoms with van der Waals surface area (Å²) in [7, 11) is 0. The van der Waals surface area contributed by atoms with E-state index in [0.717, 1.165) is 12.8 Å². The zero-order valence-corrected chi connectivity index (χ0v) is 12.6. The van der Waals surface area contributed by atoms with Gasteiger partial charge in [-0.1, -0.05) is 0 Å². The molecule has 1 saturated heterocycles. The first kappa shape index (κ1) is 15.6. The number of ether oxygens (including phenoxy) is 1. The fraction of sp³-hybridized carbons (Fsp3) is 0.500. The van der Waals surface area contributed by atoms with E-state index in [1.165, 1.54) is 23.1 Å². The first-order valence-corrected chi connectivity index (χ1v) is 7.74. The van der Waals surface area contributed by atoms with Crippen molar-refractivity contribution in [3.63, 3.8) is 0 Å². The lowest BCUT2D eigenvalue weighted by atomic mass is 10.1. The van der Waals surface area contributed by atoms with E-state index in [1.54, 1.807) is 0 Å². The van der Waals surface area contributed by atoms with Crippen molar-refractivity contribution in [3.05, 3.63) is 24.0 Å². The predicted molar refractivity (Wildman–Crippen MR) is 81.0 cm³/mol. The second kappa shape index (κ2) is 6.44. The summed E-state index contributed by atoms with van der Waals surface area (Å²) in [4.78, 5) is 24.6. The maximum atomic E-state index is 13.4. The van der Waals surface area contributed by atoms with E-state index in [1.807, 2.05) is 0 Å². The average Bonchev–Trinajstić information content (AvgIpc) is 3.20. The minimum Gasteiger partial charge on any atom is -0.491 e. The molecule has 1 aliphatic heterocycles. The quantitative estimate of drug-likeness (QED) is 0.873. The molecule has 1 aromatic rings. The molecule has 124 valence electrons. The summed E-state index contributed by atoms with van der Waals surface area (Å²) in [5.41, 5.74) is 0.399. The van der Waals surface area contributed by atoms with Crippen molar-refractivity contribution < 1.29 is 23.8 Å². The van der Waals surface area contributed by atoms with E-state index in [9.17, 15) is 14.0 Å². The highest BCUT2D eigenvalue weighted by atomic mass is 19.1. The van der Waals surface area contributed by atoms with E-state index in [4.69, 9.17) is 9.84 Å². The van der Waals surface area contributed by atoms with Gasteiger partial charge in [-0.3, -0.25) is 4.79 Å². The Morgan fingerprint density at radius 2 is 2.13 bits per heavy atom. The van der Waals surface area contributed by atoms with Crippen molar-refractivity contribution >= 4 is 17.7 Å². The highest BCUT2D eigenvalue weighted by Crippen LogP contribution is 2.32. The van der Waals surface area contributed by atoms with Gasteiger partial charge in [0.1, 0.15) is 11.6 Å². The smallest absolute Gasteiger partial charge is 0.321 e. The number of rotatable bonds is 5. The SMILES string of the molecule is O=C(O)C1CCN(C(=O)Nc2ccc(F)cc2OCC2CC2)C1. The van der Waals surface area contributed by atoms with Crippen LogP contribution in [-0.2, 0) is 4.79 Å². The normalized spacial score (nSPS) is 20.4. The number of hydrogen-bond donors (Lipinski definition) is 2. The Hall–Kier alpha value is -2.31. The summed E-state index contributed by atoms with van der Waals surface area (Å²) in [6.07, 6.45) is 2.67. The number of halogens is 1. The third kappa shape index (κ3) is 3.91. The average molecular weight is 322 g/mol. The second-order valence-electron chi connectivity index (χ2n) is 6.09. The van der Waals surface area contributed by atoms with Crippen LogP contribution in [0.3, 0.4) is 0 Å². The molecule has 2 N–H and O–H groups in total. The maximum Gasteiger partial charge on any atom is 0.321 e. The van der Waals surface area contributed by atoms with Gasteiger partial charge in [-0.2, -0.15) is 0 Å². The summed E-state index contributed by atoms with van der Waals surface area (Å²) in [6.45, 7) is 1.08. The molecule has 0 bridgehead atoms. The van der Waals surface area contributed by atoms with Crippen LogP contribution >= 0.6 is 0 Å². The number of hydrogen-bond acceptors (Lipinski definition) is 3. The van der Waals surface area contributed by atoms with Gasteiger partial charge in [0.05, 0.1) is 18.2 Å². The van der Waals surface area contributed by atoms with Crippen LogP contribution in [0.4, 0.5) is 14.9 Å². The van der Waals surface area contributed by atoms with Gasteiger partial charge in [0.2, 0.25) is 0 Å². The molecule has 1 saturated carbocycles. The molecule has 1 aromatic carbocycles. The third-order valence-electron chi connectivity index (χ3n) is 4.18. The van der Waals surface area contributed by atoms with Gasteiger partial charge in [-0.15, -0.1) is 0 Å². The van der Waals surface area contributed by atoms with Gasteiger partial charge in [-0.05, 0) is 37.3 Å². The molecule has 2 fully saturated rings. The maximum absolute atomic E-state index is 13.4. The van der Waals surface area contributed by atoms with Gasteiger partial charge in [0.25, 0.3) is 0 Å². The molecule has 3 rings (SSSR count). The molecule has 23 heavy (non-hydrogen) atoms. The molecule has 7 heteroatoms. The molecule has 1 aliphatic carbocycles. The second-order valence-corrected chi connectivity index (χ2v) is 6.09. The number of amides is 2. The summed E-state index contributed by atoms with van der Waals surface area (Å²) in [5, 5.41) is 11.7. The van der Waals surface area contributed by atoms with Gasteiger partial charge < -0.3 is 20.1 Å². The molecule has 1 heterocycles. The van der Waals surface area contributed by atoms with Gasteiger partial charge in [-0.25, -0.2) is 9.18 Å². The molecular weight excluding hydrogens is 303 g/mol. The Bertz CT molecular complexity index is 618. The van der Waals surface area contributed by atoms with Crippen LogP contribution in [-0.4, -0.2) is 41.7 Å². The number of carboxylic acids is 1. The van der Waals surface area contributed by atoms with Crippen molar-refractivity contribution in [2.24, 2.45) is 11.8 Å². The van der Waals surface area contributed by atoms with Gasteiger partial charge in [0.15, 0.2) is 0 Å². The van der Waals surface area contributed by atoms with Crippen molar-refractivity contribution in [1.29, 1.82) is 0 Å². The van der Waals surface area contributed by atoms with Gasteiger partial charge in [0, 0.05) is 19.2 Å². The van der Waals surface area contributed by atoms with Crippen LogP contribution < -0.4 is 10.1 Å². The number of nitrogens with zero attached hydrogens (tertiary/aromatic N) is 1. The highest BCUT2D eigenvalue weighted by molar-refractivity contribution is 5.91. The van der Waals surface area contributed by atoms with Crippen LogP contribution in [0.5, 0.6) is 5.75 Å². The number of urea groups is 1. The molecule has 2 aliphatic rings. The molecule has 6 nitrogen and oxygen atoms in total. The molecule has 2 amide bonds. The summed E-state index contributed by atoms with van der Waals surface area (Å²) in [6, 6.07) is 3.57. The van der Waals surface area contributed by atoms with E-state index < -0.39 is 23.7 Å². The number of carboxylic acid groups (broad SMARTS) is 1. The topological polar surface area (TPSA) is 78.9 Å². The standard InChI is InChI=1S/C16H19FN2O4/c17-12-3-4-13(14(7-12)23-9-10-1-2-10)18-16(22)19-6-5-11(8-19)15(20)21/h3-4,7,10-11H,1-2,5-6,8-9H2,(H,18,22)(H,20,21). The zero-order valence-electron chi connectivity index (χ0n) is 12.6. The number of carbonyl (C=O) groups excluding carboxylic acids is 1. The Kier molecular flexibility index (Phi) is 4.36. The van der Waals surface area contributed by atoms with Crippen molar-refractivity contribution in [2.75, 3.05) is 25.0 Å². The Labute approximate surface area is 133 Å². The van der Waals surface area contributed by atoms with E-state index in [2.05, 4.69) is 5.32 Å². The van der Waals surface area contributed by atoms with Crippen molar-refractivity contribution in [2.45, 2.75) is 19.3 Å². The number of carbonyl (C=O) groups is 2. The Balaban J connectivity index is 1.64. The first-order chi connectivity index (χ1) is 11.0. The lowest BCUT2D eigenvalue weighted by molar-refractivity contribution is -0.141. The largest absolute Gasteiger partial charge is 0.491 e. The van der Waals surface area contributed by atoms with E-state index in [0.29, 0.717) is 36.9 Å². The van der Waals surface area contributed by atoms with E-state index >= 15 is 0 Å². The van der Waals surface area contributed by atoms with Crippen LogP contribution in [0.15, 0.2) is 18.2 Å². The molecule has 0 spiro atoms. The monoisotopic (exact) mass is 322 g/mol. The first-order valence-electron chi connectivity index (χ1n) is 7.74. The number of aliphatic carboxylic acids is 1. The number of nitrogens with one attached hydrogen (secondary N) is 1.